The van der Waals surface area contributed by atoms with Crippen molar-refractivity contribution in [2.24, 2.45) is 0 Å². The molecule has 2 aromatic carbocycles. The second-order valence-electron chi connectivity index (χ2n) is 5.84. The molecule has 0 bridgehead atoms. The van der Waals surface area contributed by atoms with Crippen LogP contribution in [-0.2, 0) is 9.53 Å². The molecule has 7 heteroatoms. The van der Waals surface area contributed by atoms with E-state index in [1.54, 1.807) is 30.3 Å². The molecule has 1 atom stereocenters. The van der Waals surface area contributed by atoms with Gasteiger partial charge in [0.1, 0.15) is 0 Å². The van der Waals surface area contributed by atoms with E-state index in [9.17, 15) is 9.59 Å². The Balaban J connectivity index is 1.99. The van der Waals surface area contributed by atoms with Gasteiger partial charge in [-0.2, -0.15) is 0 Å². The molecule has 138 valence electrons. The first-order valence-corrected chi connectivity index (χ1v) is 8.74. The number of hydrogen-bond donors (Lipinski definition) is 2. The van der Waals surface area contributed by atoms with Gasteiger partial charge in [-0.05, 0) is 49.2 Å². The molecule has 0 radical (unpaired) electrons. The zero-order chi connectivity index (χ0) is 19.3. The number of esters is 1. The topological polar surface area (TPSA) is 67.4 Å². The highest BCUT2D eigenvalue weighted by molar-refractivity contribution is 6.35. The number of benzene rings is 2. The minimum absolute atomic E-state index is 0.0853. The number of nitrogens with one attached hydrogen (secondary N) is 2. The van der Waals surface area contributed by atoms with Crippen molar-refractivity contribution in [2.45, 2.75) is 19.9 Å². The molecule has 0 spiro atoms. The SMILES string of the molecule is COC(=O)c1ccc(C)c(NC(=O)CN[C@@H](C)c2ccc(Cl)cc2Cl)c1. The Morgan fingerprint density at radius 3 is 2.54 bits per heavy atom. The molecule has 2 rings (SSSR count). The van der Waals surface area contributed by atoms with Crippen molar-refractivity contribution < 1.29 is 14.3 Å². The fourth-order valence-corrected chi connectivity index (χ4v) is 2.98. The van der Waals surface area contributed by atoms with Crippen LogP contribution in [0.2, 0.25) is 10.0 Å². The molecule has 0 saturated heterocycles. The zero-order valence-corrected chi connectivity index (χ0v) is 16.2. The Hall–Kier alpha value is -2.08. The second kappa shape index (κ2) is 9.03. The van der Waals surface area contributed by atoms with Crippen LogP contribution in [0.4, 0.5) is 5.69 Å². The summed E-state index contributed by atoms with van der Waals surface area (Å²) in [6, 6.07) is 10.1. The lowest BCUT2D eigenvalue weighted by Gasteiger charge is -2.16. The molecule has 1 amide bonds. The maximum atomic E-state index is 12.2. The molecule has 0 saturated carbocycles. The van der Waals surface area contributed by atoms with Crippen molar-refractivity contribution in [3.05, 3.63) is 63.1 Å². The molecule has 0 heterocycles. The van der Waals surface area contributed by atoms with Crippen LogP contribution in [0.25, 0.3) is 0 Å². The van der Waals surface area contributed by atoms with E-state index in [4.69, 9.17) is 27.9 Å². The maximum Gasteiger partial charge on any atom is 0.337 e. The van der Waals surface area contributed by atoms with Gasteiger partial charge >= 0.3 is 5.97 Å². The standard InChI is InChI=1S/C19H20Cl2N2O3/c1-11-4-5-13(19(25)26-3)8-17(11)23-18(24)10-22-12(2)15-7-6-14(20)9-16(15)21/h4-9,12,22H,10H2,1-3H3,(H,23,24)/t12-/m0/s1. The van der Waals surface area contributed by atoms with Crippen LogP contribution >= 0.6 is 23.2 Å². The molecule has 0 unspecified atom stereocenters. The zero-order valence-electron chi connectivity index (χ0n) is 14.7. The average molecular weight is 395 g/mol. The summed E-state index contributed by atoms with van der Waals surface area (Å²) < 4.78 is 4.70. The number of amides is 1. The first kappa shape index (κ1) is 20.2. The third kappa shape index (κ3) is 5.21. The van der Waals surface area contributed by atoms with E-state index < -0.39 is 5.97 Å². The summed E-state index contributed by atoms with van der Waals surface area (Å²) in [5.41, 5.74) is 2.65. The summed E-state index contributed by atoms with van der Waals surface area (Å²) in [6.07, 6.45) is 0. The van der Waals surface area contributed by atoms with Crippen LogP contribution in [-0.4, -0.2) is 25.5 Å². The van der Waals surface area contributed by atoms with Crippen LogP contribution in [0.15, 0.2) is 36.4 Å². The van der Waals surface area contributed by atoms with Crippen molar-refractivity contribution in [1.29, 1.82) is 0 Å². The van der Waals surface area contributed by atoms with Crippen molar-refractivity contribution >= 4 is 40.8 Å². The van der Waals surface area contributed by atoms with Crippen molar-refractivity contribution in [2.75, 3.05) is 19.0 Å². The largest absolute Gasteiger partial charge is 0.465 e. The van der Waals surface area contributed by atoms with E-state index >= 15 is 0 Å². The van der Waals surface area contributed by atoms with Gasteiger partial charge in [-0.3, -0.25) is 4.79 Å². The number of hydrogen-bond acceptors (Lipinski definition) is 4. The molecule has 26 heavy (non-hydrogen) atoms. The molecule has 2 N–H and O–H groups in total. The van der Waals surface area contributed by atoms with E-state index in [2.05, 4.69) is 10.6 Å². The third-order valence-electron chi connectivity index (χ3n) is 3.93. The summed E-state index contributed by atoms with van der Waals surface area (Å²) in [5, 5.41) is 7.01. The van der Waals surface area contributed by atoms with Gasteiger partial charge in [-0.1, -0.05) is 35.3 Å². The molecular weight excluding hydrogens is 375 g/mol. The molecule has 0 aliphatic heterocycles. The van der Waals surface area contributed by atoms with E-state index in [0.29, 0.717) is 21.3 Å². The Bertz CT molecular complexity index is 824. The van der Waals surface area contributed by atoms with Crippen LogP contribution in [0, 0.1) is 6.92 Å². The van der Waals surface area contributed by atoms with Gasteiger partial charge in [-0.25, -0.2) is 4.79 Å². The number of ether oxygens (including phenoxy) is 1. The Labute approximate surface area is 162 Å². The average Bonchev–Trinajstić information content (AvgIpc) is 2.61. The highest BCUT2D eigenvalue weighted by Crippen LogP contribution is 2.26. The van der Waals surface area contributed by atoms with Gasteiger partial charge in [-0.15, -0.1) is 0 Å². The highest BCUT2D eigenvalue weighted by Gasteiger charge is 2.13. The molecule has 5 nitrogen and oxygen atoms in total. The summed E-state index contributed by atoms with van der Waals surface area (Å²) in [4.78, 5) is 23.9. The van der Waals surface area contributed by atoms with Gasteiger partial charge in [0.25, 0.3) is 0 Å². The summed E-state index contributed by atoms with van der Waals surface area (Å²) in [5.74, 6) is -0.684. The van der Waals surface area contributed by atoms with Crippen LogP contribution in [0.1, 0.15) is 34.5 Å². The number of carbonyl (C=O) groups is 2. The Morgan fingerprint density at radius 1 is 1.15 bits per heavy atom. The first-order valence-electron chi connectivity index (χ1n) is 7.99. The summed E-state index contributed by atoms with van der Waals surface area (Å²) in [6.45, 7) is 3.84. The molecular formula is C19H20Cl2N2O3. The lowest BCUT2D eigenvalue weighted by Crippen LogP contribution is -2.30. The number of carbonyl (C=O) groups excluding carboxylic acids is 2. The number of aryl methyl sites for hydroxylation is 1. The van der Waals surface area contributed by atoms with Gasteiger partial charge in [0.05, 0.1) is 19.2 Å². The minimum Gasteiger partial charge on any atom is -0.465 e. The van der Waals surface area contributed by atoms with Crippen molar-refractivity contribution in [3.63, 3.8) is 0 Å². The van der Waals surface area contributed by atoms with Gasteiger partial charge < -0.3 is 15.4 Å². The molecule has 0 aliphatic rings. The Morgan fingerprint density at radius 2 is 1.88 bits per heavy atom. The molecule has 0 fully saturated rings. The predicted molar refractivity (Wildman–Crippen MR) is 104 cm³/mol. The van der Waals surface area contributed by atoms with E-state index in [1.807, 2.05) is 19.9 Å². The summed E-state index contributed by atoms with van der Waals surface area (Å²) >= 11 is 12.1. The van der Waals surface area contributed by atoms with Crippen LogP contribution in [0.3, 0.4) is 0 Å². The lowest BCUT2D eigenvalue weighted by molar-refractivity contribution is -0.115. The first-order chi connectivity index (χ1) is 12.3. The van der Waals surface area contributed by atoms with Crippen LogP contribution < -0.4 is 10.6 Å². The van der Waals surface area contributed by atoms with E-state index in [0.717, 1.165) is 11.1 Å². The van der Waals surface area contributed by atoms with Crippen molar-refractivity contribution in [3.8, 4) is 0 Å². The van der Waals surface area contributed by atoms with Gasteiger partial charge in [0, 0.05) is 21.8 Å². The maximum absolute atomic E-state index is 12.2. The predicted octanol–water partition coefficient (Wildman–Crippen LogP) is 4.38. The van der Waals surface area contributed by atoms with E-state index in [1.165, 1.54) is 7.11 Å². The van der Waals surface area contributed by atoms with Gasteiger partial charge in [0.15, 0.2) is 0 Å². The second-order valence-corrected chi connectivity index (χ2v) is 6.68. The molecule has 0 aliphatic carbocycles. The van der Waals surface area contributed by atoms with Crippen LogP contribution in [0.5, 0.6) is 0 Å². The lowest BCUT2D eigenvalue weighted by atomic mass is 10.1. The number of anilines is 1. The monoisotopic (exact) mass is 394 g/mol. The quantitative estimate of drug-likeness (QED) is 0.713. The number of halogens is 2. The Kier molecular flexibility index (Phi) is 7.03. The summed E-state index contributed by atoms with van der Waals surface area (Å²) in [7, 11) is 1.31. The number of rotatable bonds is 6. The van der Waals surface area contributed by atoms with Gasteiger partial charge in [0.2, 0.25) is 5.91 Å². The fourth-order valence-electron chi connectivity index (χ4n) is 2.40. The molecule has 0 aromatic heterocycles. The highest BCUT2D eigenvalue weighted by atomic mass is 35.5. The normalized spacial score (nSPS) is 11.7. The van der Waals surface area contributed by atoms with Crippen molar-refractivity contribution in [1.82, 2.24) is 5.32 Å². The third-order valence-corrected chi connectivity index (χ3v) is 4.49. The molecule has 2 aromatic rings. The minimum atomic E-state index is -0.454. The fraction of sp³-hybridized carbons (Fsp3) is 0.263. The number of methoxy groups -OCH3 is 1. The smallest absolute Gasteiger partial charge is 0.337 e. The van der Waals surface area contributed by atoms with E-state index in [-0.39, 0.29) is 18.5 Å².